The lowest BCUT2D eigenvalue weighted by molar-refractivity contribution is -0.116. The Labute approximate surface area is 185 Å². The Balaban J connectivity index is 1.30. The Kier molecular flexibility index (Phi) is 5.52. The van der Waals surface area contributed by atoms with Gasteiger partial charge in [-0.15, -0.1) is 11.3 Å². The highest BCUT2D eigenvalue weighted by atomic mass is 32.1. The molecule has 2 aromatic heterocycles. The molecule has 6 nitrogen and oxygen atoms in total. The van der Waals surface area contributed by atoms with Crippen LogP contribution in [0, 0.1) is 5.92 Å². The first-order valence-corrected chi connectivity index (χ1v) is 12.0. The molecule has 0 bridgehead atoms. The Morgan fingerprint density at radius 3 is 2.74 bits per heavy atom. The number of rotatable bonds is 4. The van der Waals surface area contributed by atoms with Gasteiger partial charge in [-0.05, 0) is 74.3 Å². The Morgan fingerprint density at radius 1 is 1.19 bits per heavy atom. The van der Waals surface area contributed by atoms with Crippen LogP contribution in [0.3, 0.4) is 0 Å². The van der Waals surface area contributed by atoms with Crippen molar-refractivity contribution in [3.05, 3.63) is 51.4 Å². The molecule has 1 N–H and O–H groups in total. The van der Waals surface area contributed by atoms with Crippen LogP contribution in [-0.2, 0) is 24.2 Å². The smallest absolute Gasteiger partial charge is 0.262 e. The van der Waals surface area contributed by atoms with Gasteiger partial charge in [-0.1, -0.05) is 6.92 Å². The summed E-state index contributed by atoms with van der Waals surface area (Å²) in [5.74, 6) is 0.432. The average molecular weight is 437 g/mol. The van der Waals surface area contributed by atoms with Gasteiger partial charge in [0.05, 0.1) is 11.7 Å². The van der Waals surface area contributed by atoms with E-state index in [-0.39, 0.29) is 18.0 Å². The molecule has 7 heteroatoms. The van der Waals surface area contributed by atoms with Gasteiger partial charge in [0.25, 0.3) is 5.56 Å². The molecular formula is C24H28N4O2S. The third-order valence-corrected chi connectivity index (χ3v) is 7.63. The maximum atomic E-state index is 13.1. The van der Waals surface area contributed by atoms with E-state index in [4.69, 9.17) is 0 Å². The molecule has 1 aliphatic carbocycles. The van der Waals surface area contributed by atoms with Crippen molar-refractivity contribution in [1.29, 1.82) is 0 Å². The molecule has 3 aromatic rings. The number of fused-ring (bicyclic) bond motifs is 3. The number of anilines is 2. The highest BCUT2D eigenvalue weighted by molar-refractivity contribution is 7.18. The predicted molar refractivity (Wildman–Crippen MR) is 126 cm³/mol. The van der Waals surface area contributed by atoms with Crippen LogP contribution >= 0.6 is 11.3 Å². The molecule has 0 spiro atoms. The van der Waals surface area contributed by atoms with Crippen LogP contribution in [0.1, 0.15) is 43.0 Å². The van der Waals surface area contributed by atoms with E-state index in [1.54, 1.807) is 11.3 Å². The molecular weight excluding hydrogens is 408 g/mol. The molecule has 1 aliphatic heterocycles. The highest BCUT2D eigenvalue weighted by Crippen LogP contribution is 2.35. The average Bonchev–Trinajstić information content (AvgIpc) is 3.15. The van der Waals surface area contributed by atoms with Gasteiger partial charge in [0.15, 0.2) is 0 Å². The summed E-state index contributed by atoms with van der Waals surface area (Å²) < 4.78 is 1.44. The molecule has 1 saturated heterocycles. The summed E-state index contributed by atoms with van der Waals surface area (Å²) in [5.41, 5.74) is 2.99. The SMILES string of the molecule is CC1CCc2c(sc3ncn(CC(=O)Nc4ccc(N5CCCCC5)cc4)c(=O)c23)C1. The molecule has 31 heavy (non-hydrogen) atoms. The first kappa shape index (κ1) is 20.2. The molecule has 1 unspecified atom stereocenters. The minimum Gasteiger partial charge on any atom is -0.372 e. The van der Waals surface area contributed by atoms with E-state index < -0.39 is 0 Å². The lowest BCUT2D eigenvalue weighted by atomic mass is 9.89. The van der Waals surface area contributed by atoms with Crippen molar-refractivity contribution in [2.45, 2.75) is 52.0 Å². The first-order valence-electron chi connectivity index (χ1n) is 11.2. The summed E-state index contributed by atoms with van der Waals surface area (Å²) in [4.78, 5) is 34.7. The zero-order valence-corrected chi connectivity index (χ0v) is 18.7. The van der Waals surface area contributed by atoms with Gasteiger partial charge in [0, 0.05) is 29.3 Å². The summed E-state index contributed by atoms with van der Waals surface area (Å²) >= 11 is 1.63. The number of thiophene rings is 1. The van der Waals surface area contributed by atoms with E-state index in [2.05, 4.69) is 34.3 Å². The number of carbonyl (C=O) groups excluding carboxylic acids is 1. The minimum absolute atomic E-state index is 0.0311. The quantitative estimate of drug-likeness (QED) is 0.665. The predicted octanol–water partition coefficient (Wildman–Crippen LogP) is 4.21. The van der Waals surface area contributed by atoms with Gasteiger partial charge < -0.3 is 10.2 Å². The van der Waals surface area contributed by atoms with Crippen LogP contribution < -0.4 is 15.8 Å². The lowest BCUT2D eigenvalue weighted by Crippen LogP contribution is -2.29. The number of aryl methyl sites for hydroxylation is 1. The molecule has 162 valence electrons. The van der Waals surface area contributed by atoms with Gasteiger partial charge in [-0.2, -0.15) is 0 Å². The molecule has 0 saturated carbocycles. The number of hydrogen-bond acceptors (Lipinski definition) is 5. The zero-order chi connectivity index (χ0) is 21.4. The van der Waals surface area contributed by atoms with Crippen LogP contribution in [0.25, 0.3) is 10.2 Å². The fourth-order valence-corrected chi connectivity index (χ4v) is 6.08. The van der Waals surface area contributed by atoms with Gasteiger partial charge in [0.1, 0.15) is 11.4 Å². The van der Waals surface area contributed by atoms with E-state index in [9.17, 15) is 9.59 Å². The number of aromatic nitrogens is 2. The number of hydrogen-bond donors (Lipinski definition) is 1. The van der Waals surface area contributed by atoms with Gasteiger partial charge in [-0.3, -0.25) is 14.2 Å². The van der Waals surface area contributed by atoms with Crippen molar-refractivity contribution >= 4 is 38.8 Å². The van der Waals surface area contributed by atoms with E-state index >= 15 is 0 Å². The van der Waals surface area contributed by atoms with Gasteiger partial charge >= 0.3 is 0 Å². The van der Waals surface area contributed by atoms with E-state index in [1.165, 1.54) is 40.7 Å². The highest BCUT2D eigenvalue weighted by Gasteiger charge is 2.23. The number of piperidine rings is 1. The molecule has 3 heterocycles. The van der Waals surface area contributed by atoms with Crippen LogP contribution in [0.5, 0.6) is 0 Å². The maximum Gasteiger partial charge on any atom is 0.262 e. The third kappa shape index (κ3) is 4.11. The molecule has 1 aromatic carbocycles. The summed E-state index contributed by atoms with van der Waals surface area (Å²) in [7, 11) is 0. The fourth-order valence-electron chi connectivity index (χ4n) is 4.74. The van der Waals surface area contributed by atoms with Crippen LogP contribution in [0.4, 0.5) is 11.4 Å². The Bertz CT molecular complexity index is 1160. The molecule has 1 atom stereocenters. The van der Waals surface area contributed by atoms with E-state index in [1.807, 2.05) is 12.1 Å². The monoisotopic (exact) mass is 436 g/mol. The second kappa shape index (κ2) is 8.46. The van der Waals surface area contributed by atoms with Crippen molar-refractivity contribution in [3.8, 4) is 0 Å². The summed E-state index contributed by atoms with van der Waals surface area (Å²) in [5, 5.41) is 3.63. The van der Waals surface area contributed by atoms with Crippen LogP contribution in [-0.4, -0.2) is 28.5 Å². The third-order valence-electron chi connectivity index (χ3n) is 6.47. The Morgan fingerprint density at radius 2 is 1.97 bits per heavy atom. The largest absolute Gasteiger partial charge is 0.372 e. The number of amides is 1. The summed E-state index contributed by atoms with van der Waals surface area (Å²) in [6.45, 7) is 4.41. The minimum atomic E-state index is -0.216. The topological polar surface area (TPSA) is 67.2 Å². The molecule has 2 aliphatic rings. The van der Waals surface area contributed by atoms with E-state index in [0.29, 0.717) is 11.3 Å². The standard InChI is InChI=1S/C24H28N4O2S/c1-16-5-10-19-20(13-16)31-23-22(19)24(30)28(15-25-23)14-21(29)26-17-6-8-18(9-7-17)27-11-3-2-4-12-27/h6-9,15-16H,2-5,10-14H2,1H3,(H,26,29). The van der Waals surface area contributed by atoms with Crippen molar-refractivity contribution < 1.29 is 4.79 Å². The second-order valence-corrected chi connectivity index (χ2v) is 9.94. The number of nitrogens with zero attached hydrogens (tertiary/aromatic N) is 3. The number of benzene rings is 1. The van der Waals surface area contributed by atoms with E-state index in [0.717, 1.165) is 48.4 Å². The van der Waals surface area contributed by atoms with Crippen molar-refractivity contribution in [2.75, 3.05) is 23.3 Å². The fraction of sp³-hybridized carbons (Fsp3) is 0.458. The van der Waals surface area contributed by atoms with Crippen molar-refractivity contribution in [3.63, 3.8) is 0 Å². The van der Waals surface area contributed by atoms with Crippen LogP contribution in [0.2, 0.25) is 0 Å². The lowest BCUT2D eigenvalue weighted by Gasteiger charge is -2.28. The molecule has 1 fully saturated rings. The molecule has 0 radical (unpaired) electrons. The molecule has 1 amide bonds. The second-order valence-electron chi connectivity index (χ2n) is 8.85. The van der Waals surface area contributed by atoms with Crippen molar-refractivity contribution in [2.24, 2.45) is 5.92 Å². The maximum absolute atomic E-state index is 13.1. The number of carbonyl (C=O) groups is 1. The van der Waals surface area contributed by atoms with Crippen molar-refractivity contribution in [1.82, 2.24) is 9.55 Å². The van der Waals surface area contributed by atoms with Gasteiger partial charge in [-0.25, -0.2) is 4.98 Å². The number of nitrogens with one attached hydrogen (secondary N) is 1. The normalized spacial score (nSPS) is 18.7. The molecule has 5 rings (SSSR count). The van der Waals surface area contributed by atoms with Crippen LogP contribution in [0.15, 0.2) is 35.4 Å². The van der Waals surface area contributed by atoms with Gasteiger partial charge in [0.2, 0.25) is 5.91 Å². The first-order chi connectivity index (χ1) is 15.1. The Hall–Kier alpha value is -2.67. The summed E-state index contributed by atoms with van der Waals surface area (Å²) in [6, 6.07) is 7.98. The summed E-state index contributed by atoms with van der Waals surface area (Å²) in [6.07, 6.45) is 8.32. The zero-order valence-electron chi connectivity index (χ0n) is 17.9.